The van der Waals surface area contributed by atoms with Gasteiger partial charge in [-0.05, 0) is 72.9 Å². The fraction of sp³-hybridized carbons (Fsp3) is 0.269. The summed E-state index contributed by atoms with van der Waals surface area (Å²) >= 11 is 0. The van der Waals surface area contributed by atoms with Crippen LogP contribution < -0.4 is 15.5 Å². The Morgan fingerprint density at radius 3 is 2.38 bits per heavy atom. The molecule has 2 aliphatic rings. The van der Waals surface area contributed by atoms with Crippen LogP contribution in [-0.2, 0) is 9.59 Å². The van der Waals surface area contributed by atoms with E-state index in [1.807, 2.05) is 61.5 Å². The number of hydrogen-bond acceptors (Lipinski definition) is 3. The van der Waals surface area contributed by atoms with Crippen molar-refractivity contribution in [2.24, 2.45) is 5.92 Å². The molecule has 3 aromatic rings. The minimum Gasteiger partial charge on any atom is -0.325 e. The predicted octanol–water partition coefficient (Wildman–Crippen LogP) is 4.88. The van der Waals surface area contributed by atoms with Crippen molar-refractivity contribution in [3.8, 4) is 0 Å². The van der Waals surface area contributed by atoms with Gasteiger partial charge in [-0.25, -0.2) is 0 Å². The number of anilines is 3. The Labute approximate surface area is 186 Å². The van der Waals surface area contributed by atoms with E-state index in [4.69, 9.17) is 0 Å². The average Bonchev–Trinajstić information content (AvgIpc) is 3.55. The molecule has 2 N–H and O–H groups in total. The molecule has 5 rings (SSSR count). The second-order valence-electron chi connectivity index (χ2n) is 8.61. The number of benzene rings is 3. The molecule has 1 saturated carbocycles. The van der Waals surface area contributed by atoms with Crippen molar-refractivity contribution in [3.05, 3.63) is 65.7 Å². The van der Waals surface area contributed by atoms with Gasteiger partial charge in [-0.3, -0.25) is 14.4 Å². The number of rotatable bonds is 5. The van der Waals surface area contributed by atoms with Crippen LogP contribution in [0.2, 0.25) is 0 Å². The van der Waals surface area contributed by atoms with E-state index >= 15 is 0 Å². The van der Waals surface area contributed by atoms with Gasteiger partial charge < -0.3 is 15.5 Å². The summed E-state index contributed by atoms with van der Waals surface area (Å²) in [6.07, 6.45) is 3.24. The van der Waals surface area contributed by atoms with E-state index in [9.17, 15) is 14.4 Å². The lowest BCUT2D eigenvalue weighted by atomic mass is 10.0. The zero-order valence-corrected chi connectivity index (χ0v) is 18.0. The van der Waals surface area contributed by atoms with Crippen LogP contribution in [0.25, 0.3) is 10.8 Å². The fourth-order valence-corrected chi connectivity index (χ4v) is 4.25. The number of hydrogen-bond donors (Lipinski definition) is 2. The monoisotopic (exact) mass is 427 g/mol. The predicted molar refractivity (Wildman–Crippen MR) is 126 cm³/mol. The zero-order chi connectivity index (χ0) is 22.2. The summed E-state index contributed by atoms with van der Waals surface area (Å²) in [6.45, 7) is 2.67. The highest BCUT2D eigenvalue weighted by Crippen LogP contribution is 2.32. The minimum absolute atomic E-state index is 0.0372. The SMILES string of the molecule is Cc1cc(NC(=O)c2cc3ccccc3cc2NC(=O)C2CC2)ccc1N1CCCC1=O. The highest BCUT2D eigenvalue weighted by Gasteiger charge is 2.30. The average molecular weight is 428 g/mol. The first-order valence-electron chi connectivity index (χ1n) is 11.1. The van der Waals surface area contributed by atoms with Gasteiger partial charge in [-0.15, -0.1) is 0 Å². The number of amides is 3. The van der Waals surface area contributed by atoms with Crippen LogP contribution in [0.5, 0.6) is 0 Å². The van der Waals surface area contributed by atoms with Gasteiger partial charge in [0.25, 0.3) is 5.91 Å². The smallest absolute Gasteiger partial charge is 0.257 e. The molecule has 3 amide bonds. The molecule has 3 aromatic carbocycles. The number of nitrogens with zero attached hydrogens (tertiary/aromatic N) is 1. The van der Waals surface area contributed by atoms with Gasteiger partial charge in [-0.2, -0.15) is 0 Å². The van der Waals surface area contributed by atoms with Gasteiger partial charge in [0.05, 0.1) is 11.3 Å². The van der Waals surface area contributed by atoms with Crippen molar-refractivity contribution >= 4 is 45.6 Å². The molecule has 162 valence electrons. The molecule has 6 nitrogen and oxygen atoms in total. The summed E-state index contributed by atoms with van der Waals surface area (Å²) in [6, 6.07) is 17.0. The second kappa shape index (κ2) is 8.11. The fourth-order valence-electron chi connectivity index (χ4n) is 4.25. The number of nitrogens with one attached hydrogen (secondary N) is 2. The normalized spacial score (nSPS) is 15.8. The summed E-state index contributed by atoms with van der Waals surface area (Å²) in [5, 5.41) is 7.80. The van der Waals surface area contributed by atoms with Crippen molar-refractivity contribution in [2.75, 3.05) is 22.1 Å². The first kappa shape index (κ1) is 20.2. The van der Waals surface area contributed by atoms with Gasteiger partial charge in [0.2, 0.25) is 11.8 Å². The Morgan fingerprint density at radius 1 is 0.969 bits per heavy atom. The van der Waals surface area contributed by atoms with Gasteiger partial charge in [0.1, 0.15) is 0 Å². The molecule has 2 fully saturated rings. The summed E-state index contributed by atoms with van der Waals surface area (Å²) < 4.78 is 0. The highest BCUT2D eigenvalue weighted by molar-refractivity contribution is 6.13. The Balaban J connectivity index is 1.43. The molecule has 1 saturated heterocycles. The molecule has 1 aliphatic heterocycles. The third-order valence-electron chi connectivity index (χ3n) is 6.16. The van der Waals surface area contributed by atoms with Crippen LogP contribution in [0.3, 0.4) is 0 Å². The van der Waals surface area contributed by atoms with E-state index in [1.165, 1.54) is 0 Å². The van der Waals surface area contributed by atoms with Gasteiger partial charge in [0.15, 0.2) is 0 Å². The summed E-state index contributed by atoms with van der Waals surface area (Å²) in [5.41, 5.74) is 3.41. The molecular weight excluding hydrogens is 402 g/mol. The molecule has 6 heteroatoms. The molecule has 1 aliphatic carbocycles. The lowest BCUT2D eigenvalue weighted by molar-refractivity contribution is -0.118. The van der Waals surface area contributed by atoms with Crippen molar-refractivity contribution in [1.29, 1.82) is 0 Å². The van der Waals surface area contributed by atoms with E-state index in [-0.39, 0.29) is 23.6 Å². The molecule has 1 heterocycles. The third-order valence-corrected chi connectivity index (χ3v) is 6.16. The van der Waals surface area contributed by atoms with Crippen molar-refractivity contribution in [2.45, 2.75) is 32.6 Å². The summed E-state index contributed by atoms with van der Waals surface area (Å²) in [7, 11) is 0. The van der Waals surface area contributed by atoms with E-state index < -0.39 is 0 Å². The Kier molecular flexibility index (Phi) is 5.13. The minimum atomic E-state index is -0.286. The molecular formula is C26H25N3O3. The maximum atomic E-state index is 13.2. The highest BCUT2D eigenvalue weighted by atomic mass is 16.2. The standard InChI is InChI=1S/C26H25N3O3/c1-16-13-20(10-11-23(16)29-12-4-7-24(29)30)27-26(32)21-14-18-5-2-3-6-19(18)15-22(21)28-25(31)17-8-9-17/h2-3,5-6,10-11,13-15,17H,4,7-9,12H2,1H3,(H,27,32)(H,28,31). The summed E-state index contributed by atoms with van der Waals surface area (Å²) in [5.74, 6) is -0.144. The zero-order valence-electron chi connectivity index (χ0n) is 18.0. The number of carbonyl (C=O) groups excluding carboxylic acids is 3. The number of fused-ring (bicyclic) bond motifs is 1. The van der Waals surface area contributed by atoms with Crippen LogP contribution in [0.1, 0.15) is 41.6 Å². The maximum Gasteiger partial charge on any atom is 0.257 e. The molecule has 32 heavy (non-hydrogen) atoms. The molecule has 0 radical (unpaired) electrons. The lowest BCUT2D eigenvalue weighted by Gasteiger charge is -2.19. The van der Waals surface area contributed by atoms with Crippen LogP contribution in [-0.4, -0.2) is 24.3 Å². The van der Waals surface area contributed by atoms with Crippen molar-refractivity contribution < 1.29 is 14.4 Å². The number of carbonyl (C=O) groups is 3. The van der Waals surface area contributed by atoms with E-state index in [0.717, 1.165) is 47.8 Å². The first-order valence-corrected chi connectivity index (χ1v) is 11.1. The van der Waals surface area contributed by atoms with Crippen LogP contribution in [0, 0.1) is 12.8 Å². The van der Waals surface area contributed by atoms with E-state index in [2.05, 4.69) is 10.6 Å². The Bertz CT molecular complexity index is 1250. The van der Waals surface area contributed by atoms with E-state index in [0.29, 0.717) is 23.4 Å². The third kappa shape index (κ3) is 3.96. The quantitative estimate of drug-likeness (QED) is 0.609. The van der Waals surface area contributed by atoms with Gasteiger partial charge in [0, 0.05) is 30.3 Å². The molecule has 0 aromatic heterocycles. The Morgan fingerprint density at radius 2 is 1.72 bits per heavy atom. The molecule has 0 spiro atoms. The molecule has 0 atom stereocenters. The van der Waals surface area contributed by atoms with Crippen LogP contribution in [0.4, 0.5) is 17.1 Å². The van der Waals surface area contributed by atoms with Crippen molar-refractivity contribution in [1.82, 2.24) is 0 Å². The van der Waals surface area contributed by atoms with E-state index in [1.54, 1.807) is 4.90 Å². The lowest BCUT2D eigenvalue weighted by Crippen LogP contribution is -2.24. The largest absolute Gasteiger partial charge is 0.325 e. The second-order valence-corrected chi connectivity index (χ2v) is 8.61. The maximum absolute atomic E-state index is 13.2. The first-order chi connectivity index (χ1) is 15.5. The van der Waals surface area contributed by atoms with Gasteiger partial charge in [-0.1, -0.05) is 24.3 Å². The van der Waals surface area contributed by atoms with Gasteiger partial charge >= 0.3 is 0 Å². The summed E-state index contributed by atoms with van der Waals surface area (Å²) in [4.78, 5) is 39.5. The van der Waals surface area contributed by atoms with Crippen LogP contribution >= 0.6 is 0 Å². The topological polar surface area (TPSA) is 78.5 Å². The Hall–Kier alpha value is -3.67. The van der Waals surface area contributed by atoms with Crippen molar-refractivity contribution in [3.63, 3.8) is 0 Å². The molecule has 0 unspecified atom stereocenters. The number of aryl methyl sites for hydroxylation is 1. The molecule has 0 bridgehead atoms. The van der Waals surface area contributed by atoms with Crippen LogP contribution in [0.15, 0.2) is 54.6 Å².